The van der Waals surface area contributed by atoms with Gasteiger partial charge in [-0.05, 0) is 38.3 Å². The van der Waals surface area contributed by atoms with E-state index >= 15 is 0 Å². The molecule has 1 aliphatic heterocycles. The molecule has 1 unspecified atom stereocenters. The van der Waals surface area contributed by atoms with E-state index in [0.717, 1.165) is 25.1 Å². The van der Waals surface area contributed by atoms with Crippen LogP contribution in [0.5, 0.6) is 0 Å². The minimum absolute atomic E-state index is 0.305. The lowest BCUT2D eigenvalue weighted by molar-refractivity contribution is 0.699. The van der Waals surface area contributed by atoms with E-state index in [1.165, 1.54) is 11.1 Å². The Bertz CT molecular complexity index is 685. The van der Waals surface area contributed by atoms with Gasteiger partial charge >= 0.3 is 0 Å². The number of anilines is 1. The maximum Gasteiger partial charge on any atom is 0.227 e. The van der Waals surface area contributed by atoms with Crippen LogP contribution >= 0.6 is 0 Å². The first kappa shape index (κ1) is 13.6. The van der Waals surface area contributed by atoms with E-state index in [-0.39, 0.29) is 0 Å². The summed E-state index contributed by atoms with van der Waals surface area (Å²) in [5, 5.41) is 9.08. The third kappa shape index (κ3) is 2.73. The average Bonchev–Trinajstić information content (AvgIpc) is 2.97. The minimum Gasteiger partial charge on any atom is -0.334 e. The maximum atomic E-state index is 9.08. The summed E-state index contributed by atoms with van der Waals surface area (Å²) in [6.07, 6.45) is 2.22. The van der Waals surface area contributed by atoms with Crippen molar-refractivity contribution in [3.8, 4) is 6.07 Å². The molecule has 3 rings (SSSR count). The first-order valence-corrected chi connectivity index (χ1v) is 7.26. The Balaban J connectivity index is 1.96. The summed E-state index contributed by atoms with van der Waals surface area (Å²) >= 11 is 0. The number of hydrogen-bond acceptors (Lipinski definition) is 4. The maximum absolute atomic E-state index is 9.08. The van der Waals surface area contributed by atoms with Crippen molar-refractivity contribution in [2.75, 3.05) is 11.4 Å². The number of nitriles is 1. The van der Waals surface area contributed by atoms with Crippen molar-refractivity contribution >= 4 is 5.95 Å². The van der Waals surface area contributed by atoms with Gasteiger partial charge in [-0.15, -0.1) is 0 Å². The van der Waals surface area contributed by atoms with Gasteiger partial charge in [-0.1, -0.05) is 29.8 Å². The number of benzene rings is 1. The third-order valence-electron chi connectivity index (χ3n) is 3.93. The van der Waals surface area contributed by atoms with E-state index in [9.17, 15) is 0 Å². The van der Waals surface area contributed by atoms with E-state index in [0.29, 0.717) is 17.7 Å². The molecule has 0 amide bonds. The quantitative estimate of drug-likeness (QED) is 0.845. The largest absolute Gasteiger partial charge is 0.334 e. The van der Waals surface area contributed by atoms with Gasteiger partial charge in [-0.2, -0.15) is 5.26 Å². The highest BCUT2D eigenvalue weighted by atomic mass is 15.3. The van der Waals surface area contributed by atoms with Crippen molar-refractivity contribution < 1.29 is 0 Å². The molecule has 0 radical (unpaired) electrons. The van der Waals surface area contributed by atoms with Crippen LogP contribution in [0.25, 0.3) is 0 Å². The zero-order valence-corrected chi connectivity index (χ0v) is 12.4. The SMILES string of the molecule is Cc1ccc(C2CCCN2c2nc(C)cc(C#N)n2)cc1. The Morgan fingerprint density at radius 1 is 1.19 bits per heavy atom. The van der Waals surface area contributed by atoms with Crippen LogP contribution in [0, 0.1) is 25.2 Å². The second-order valence-corrected chi connectivity index (χ2v) is 5.57. The fraction of sp³-hybridized carbons (Fsp3) is 0.353. The monoisotopic (exact) mass is 278 g/mol. The van der Waals surface area contributed by atoms with Gasteiger partial charge in [0.05, 0.1) is 6.04 Å². The second kappa shape index (κ2) is 5.53. The van der Waals surface area contributed by atoms with E-state index in [2.05, 4.69) is 52.1 Å². The Kier molecular flexibility index (Phi) is 3.57. The zero-order chi connectivity index (χ0) is 14.8. The van der Waals surface area contributed by atoms with Gasteiger partial charge in [-0.3, -0.25) is 0 Å². The molecular weight excluding hydrogens is 260 g/mol. The lowest BCUT2D eigenvalue weighted by Gasteiger charge is -2.25. The van der Waals surface area contributed by atoms with Gasteiger partial charge in [-0.25, -0.2) is 9.97 Å². The standard InChI is InChI=1S/C17H18N4/c1-12-5-7-14(8-6-12)16-4-3-9-21(16)17-19-13(2)10-15(11-18)20-17/h5-8,10,16H,3-4,9H2,1-2H3. The highest BCUT2D eigenvalue weighted by molar-refractivity contribution is 5.41. The number of aromatic nitrogens is 2. The molecule has 0 spiro atoms. The molecule has 1 atom stereocenters. The molecule has 1 aromatic carbocycles. The zero-order valence-electron chi connectivity index (χ0n) is 12.4. The lowest BCUT2D eigenvalue weighted by Crippen LogP contribution is -2.25. The summed E-state index contributed by atoms with van der Waals surface area (Å²) in [4.78, 5) is 11.1. The van der Waals surface area contributed by atoms with Crippen LogP contribution in [0.2, 0.25) is 0 Å². The molecule has 2 heterocycles. The Morgan fingerprint density at radius 2 is 1.95 bits per heavy atom. The van der Waals surface area contributed by atoms with E-state index in [1.807, 2.05) is 6.92 Å². The molecule has 21 heavy (non-hydrogen) atoms. The molecule has 0 bridgehead atoms. The van der Waals surface area contributed by atoms with Gasteiger partial charge < -0.3 is 4.90 Å². The van der Waals surface area contributed by atoms with E-state index < -0.39 is 0 Å². The van der Waals surface area contributed by atoms with Crippen LogP contribution in [-0.2, 0) is 0 Å². The normalized spacial score (nSPS) is 17.8. The first-order chi connectivity index (χ1) is 10.2. The molecule has 1 fully saturated rings. The topological polar surface area (TPSA) is 52.8 Å². The summed E-state index contributed by atoms with van der Waals surface area (Å²) in [7, 11) is 0. The van der Waals surface area contributed by atoms with Gasteiger partial charge in [0, 0.05) is 12.2 Å². The molecule has 4 heteroatoms. The molecule has 2 aromatic rings. The van der Waals surface area contributed by atoms with Crippen LogP contribution in [-0.4, -0.2) is 16.5 Å². The Hall–Kier alpha value is -2.41. The van der Waals surface area contributed by atoms with Crippen molar-refractivity contribution in [2.45, 2.75) is 32.7 Å². The number of nitrogens with zero attached hydrogens (tertiary/aromatic N) is 4. The second-order valence-electron chi connectivity index (χ2n) is 5.57. The Morgan fingerprint density at radius 3 is 2.67 bits per heavy atom. The summed E-state index contributed by atoms with van der Waals surface area (Å²) < 4.78 is 0. The number of hydrogen-bond donors (Lipinski definition) is 0. The summed E-state index contributed by atoms with van der Waals surface area (Å²) in [5.74, 6) is 0.676. The molecule has 0 N–H and O–H groups in total. The van der Waals surface area contributed by atoms with Crippen LogP contribution in [0.4, 0.5) is 5.95 Å². The fourth-order valence-corrected chi connectivity index (χ4v) is 2.88. The van der Waals surface area contributed by atoms with Gasteiger partial charge in [0.1, 0.15) is 11.8 Å². The van der Waals surface area contributed by atoms with Crippen LogP contribution in [0.3, 0.4) is 0 Å². The summed E-state index contributed by atoms with van der Waals surface area (Å²) in [6, 6.07) is 12.8. The van der Waals surface area contributed by atoms with Crippen molar-refractivity contribution in [3.05, 3.63) is 52.8 Å². The van der Waals surface area contributed by atoms with Crippen LogP contribution in [0.15, 0.2) is 30.3 Å². The van der Waals surface area contributed by atoms with Crippen LogP contribution < -0.4 is 4.90 Å². The average molecular weight is 278 g/mol. The fourth-order valence-electron chi connectivity index (χ4n) is 2.88. The van der Waals surface area contributed by atoms with Crippen molar-refractivity contribution in [1.29, 1.82) is 5.26 Å². The van der Waals surface area contributed by atoms with Gasteiger partial charge in [0.15, 0.2) is 0 Å². The number of rotatable bonds is 2. The lowest BCUT2D eigenvalue weighted by atomic mass is 10.0. The molecule has 1 aromatic heterocycles. The molecule has 4 nitrogen and oxygen atoms in total. The van der Waals surface area contributed by atoms with Crippen LogP contribution in [0.1, 0.15) is 41.4 Å². The number of aryl methyl sites for hydroxylation is 2. The molecule has 0 aliphatic carbocycles. The highest BCUT2D eigenvalue weighted by Crippen LogP contribution is 2.34. The third-order valence-corrected chi connectivity index (χ3v) is 3.93. The molecule has 1 saturated heterocycles. The van der Waals surface area contributed by atoms with E-state index in [1.54, 1.807) is 6.07 Å². The first-order valence-electron chi connectivity index (χ1n) is 7.26. The smallest absolute Gasteiger partial charge is 0.227 e. The van der Waals surface area contributed by atoms with E-state index in [4.69, 9.17) is 5.26 Å². The predicted molar refractivity (Wildman–Crippen MR) is 82.0 cm³/mol. The predicted octanol–water partition coefficient (Wildman–Crippen LogP) is 3.31. The molecule has 0 saturated carbocycles. The van der Waals surface area contributed by atoms with Crippen molar-refractivity contribution in [3.63, 3.8) is 0 Å². The molecular formula is C17H18N4. The molecule has 106 valence electrons. The minimum atomic E-state index is 0.305. The Labute approximate surface area is 125 Å². The highest BCUT2D eigenvalue weighted by Gasteiger charge is 2.28. The van der Waals surface area contributed by atoms with Crippen molar-refractivity contribution in [2.24, 2.45) is 0 Å². The molecule has 1 aliphatic rings. The van der Waals surface area contributed by atoms with Crippen molar-refractivity contribution in [1.82, 2.24) is 9.97 Å². The summed E-state index contributed by atoms with van der Waals surface area (Å²) in [5.41, 5.74) is 3.83. The van der Waals surface area contributed by atoms with Gasteiger partial charge in [0.25, 0.3) is 0 Å². The summed E-state index contributed by atoms with van der Waals surface area (Å²) in [6.45, 7) is 4.94. The van der Waals surface area contributed by atoms with Gasteiger partial charge in [0.2, 0.25) is 5.95 Å².